The number of carbonyl (C=O) groups is 1. The van der Waals surface area contributed by atoms with Gasteiger partial charge in [0.15, 0.2) is 5.76 Å². The number of ketones is 1. The lowest BCUT2D eigenvalue weighted by Gasteiger charge is -1.99. The van der Waals surface area contributed by atoms with Crippen LogP contribution in [0, 0.1) is 0 Å². The first-order valence-corrected chi connectivity index (χ1v) is 7.05. The standard InChI is InChI=1S/C17H10Cl2O2/c18-13-5-1-11(2-6-13)15-9-10-16(21-15)17(20)12-3-7-14(19)8-4-12/h1-10H. The molecular weight excluding hydrogens is 307 g/mol. The number of benzene rings is 2. The Balaban J connectivity index is 1.89. The summed E-state index contributed by atoms with van der Waals surface area (Å²) in [4.78, 5) is 12.3. The summed E-state index contributed by atoms with van der Waals surface area (Å²) < 4.78 is 5.63. The van der Waals surface area contributed by atoms with E-state index in [1.165, 1.54) is 0 Å². The molecule has 4 heteroatoms. The van der Waals surface area contributed by atoms with Crippen molar-refractivity contribution >= 4 is 29.0 Å². The fourth-order valence-corrected chi connectivity index (χ4v) is 2.22. The molecule has 3 aromatic rings. The minimum absolute atomic E-state index is 0.174. The van der Waals surface area contributed by atoms with Gasteiger partial charge in [-0.25, -0.2) is 0 Å². The fraction of sp³-hybridized carbons (Fsp3) is 0. The minimum Gasteiger partial charge on any atom is -0.453 e. The Morgan fingerprint density at radius 3 is 1.95 bits per heavy atom. The number of furan rings is 1. The summed E-state index contributed by atoms with van der Waals surface area (Å²) in [5.74, 6) is 0.748. The second-order valence-electron chi connectivity index (χ2n) is 4.51. The van der Waals surface area contributed by atoms with Gasteiger partial charge in [0.05, 0.1) is 0 Å². The zero-order valence-corrected chi connectivity index (χ0v) is 12.4. The first-order valence-electron chi connectivity index (χ1n) is 6.29. The van der Waals surface area contributed by atoms with Crippen molar-refractivity contribution in [1.29, 1.82) is 0 Å². The van der Waals surface area contributed by atoms with Crippen molar-refractivity contribution in [2.45, 2.75) is 0 Å². The Morgan fingerprint density at radius 2 is 1.33 bits per heavy atom. The van der Waals surface area contributed by atoms with Crippen LogP contribution < -0.4 is 0 Å². The maximum atomic E-state index is 12.3. The van der Waals surface area contributed by atoms with E-state index in [4.69, 9.17) is 27.6 Å². The first-order chi connectivity index (χ1) is 10.1. The average molecular weight is 317 g/mol. The van der Waals surface area contributed by atoms with E-state index >= 15 is 0 Å². The van der Waals surface area contributed by atoms with Gasteiger partial charge in [-0.15, -0.1) is 0 Å². The summed E-state index contributed by atoms with van der Waals surface area (Å²) in [7, 11) is 0. The lowest BCUT2D eigenvalue weighted by Crippen LogP contribution is -1.98. The van der Waals surface area contributed by atoms with Crippen molar-refractivity contribution in [2.24, 2.45) is 0 Å². The van der Waals surface area contributed by atoms with Gasteiger partial charge in [0.1, 0.15) is 5.76 Å². The summed E-state index contributed by atoms with van der Waals surface area (Å²) in [6.45, 7) is 0. The topological polar surface area (TPSA) is 30.2 Å². The van der Waals surface area contributed by atoms with E-state index in [-0.39, 0.29) is 5.78 Å². The molecule has 2 aromatic carbocycles. The molecule has 0 saturated heterocycles. The van der Waals surface area contributed by atoms with Crippen LogP contribution in [0.2, 0.25) is 10.0 Å². The lowest BCUT2D eigenvalue weighted by molar-refractivity contribution is 0.101. The van der Waals surface area contributed by atoms with Crippen molar-refractivity contribution in [3.8, 4) is 11.3 Å². The van der Waals surface area contributed by atoms with Crippen molar-refractivity contribution < 1.29 is 9.21 Å². The summed E-state index contributed by atoms with van der Waals surface area (Å²) in [6.07, 6.45) is 0. The highest BCUT2D eigenvalue weighted by atomic mass is 35.5. The van der Waals surface area contributed by atoms with Crippen LogP contribution >= 0.6 is 23.2 Å². The van der Waals surface area contributed by atoms with Gasteiger partial charge in [-0.1, -0.05) is 23.2 Å². The third-order valence-corrected chi connectivity index (χ3v) is 3.57. The molecule has 0 spiro atoms. The number of carbonyl (C=O) groups excluding carboxylic acids is 1. The fourth-order valence-electron chi connectivity index (χ4n) is 1.97. The Kier molecular flexibility index (Phi) is 3.82. The molecule has 2 nitrogen and oxygen atoms in total. The second kappa shape index (κ2) is 5.76. The molecular formula is C17H10Cl2O2. The zero-order chi connectivity index (χ0) is 14.8. The van der Waals surface area contributed by atoms with E-state index in [2.05, 4.69) is 0 Å². The predicted octanol–water partition coefficient (Wildman–Crippen LogP) is 5.48. The Hall–Kier alpha value is -2.03. The van der Waals surface area contributed by atoms with Crippen molar-refractivity contribution in [3.05, 3.63) is 82.0 Å². The summed E-state index contributed by atoms with van der Waals surface area (Å²) in [5.41, 5.74) is 1.41. The van der Waals surface area contributed by atoms with Crippen LogP contribution in [0.15, 0.2) is 65.1 Å². The van der Waals surface area contributed by atoms with Crippen molar-refractivity contribution in [3.63, 3.8) is 0 Å². The molecule has 21 heavy (non-hydrogen) atoms. The smallest absolute Gasteiger partial charge is 0.228 e. The summed E-state index contributed by atoms with van der Waals surface area (Å²) >= 11 is 11.7. The van der Waals surface area contributed by atoms with Gasteiger partial charge in [0, 0.05) is 21.2 Å². The first kappa shape index (κ1) is 13.9. The largest absolute Gasteiger partial charge is 0.453 e. The van der Waals surface area contributed by atoms with Crippen molar-refractivity contribution in [2.75, 3.05) is 0 Å². The van der Waals surface area contributed by atoms with Gasteiger partial charge >= 0.3 is 0 Å². The molecule has 0 saturated carbocycles. The van der Waals surface area contributed by atoms with Crippen LogP contribution in [0.3, 0.4) is 0 Å². The molecule has 0 amide bonds. The van der Waals surface area contributed by atoms with Crippen LogP contribution in [0.4, 0.5) is 0 Å². The molecule has 1 heterocycles. The highest BCUT2D eigenvalue weighted by molar-refractivity contribution is 6.31. The van der Waals surface area contributed by atoms with E-state index < -0.39 is 0 Å². The zero-order valence-electron chi connectivity index (χ0n) is 10.8. The molecule has 0 bridgehead atoms. The van der Waals surface area contributed by atoms with Crippen LogP contribution in [-0.4, -0.2) is 5.78 Å². The molecule has 3 rings (SSSR count). The van der Waals surface area contributed by atoms with Gasteiger partial charge in [-0.05, 0) is 60.7 Å². The van der Waals surface area contributed by atoms with E-state index in [1.807, 2.05) is 12.1 Å². The molecule has 0 atom stereocenters. The number of rotatable bonds is 3. The molecule has 0 aliphatic heterocycles. The highest BCUT2D eigenvalue weighted by Crippen LogP contribution is 2.25. The molecule has 0 N–H and O–H groups in total. The van der Waals surface area contributed by atoms with Gasteiger partial charge in [-0.3, -0.25) is 4.79 Å². The van der Waals surface area contributed by atoms with Gasteiger partial charge in [-0.2, -0.15) is 0 Å². The Bertz CT molecular complexity index is 771. The van der Waals surface area contributed by atoms with Crippen LogP contribution in [-0.2, 0) is 0 Å². The van der Waals surface area contributed by atoms with Crippen LogP contribution in [0.1, 0.15) is 16.1 Å². The predicted molar refractivity (Wildman–Crippen MR) is 84.0 cm³/mol. The van der Waals surface area contributed by atoms with Crippen LogP contribution in [0.25, 0.3) is 11.3 Å². The number of hydrogen-bond donors (Lipinski definition) is 0. The van der Waals surface area contributed by atoms with E-state index in [0.29, 0.717) is 27.1 Å². The lowest BCUT2D eigenvalue weighted by atomic mass is 10.1. The van der Waals surface area contributed by atoms with E-state index in [9.17, 15) is 4.79 Å². The number of hydrogen-bond acceptors (Lipinski definition) is 2. The Morgan fingerprint density at radius 1 is 0.762 bits per heavy atom. The SMILES string of the molecule is O=C(c1ccc(Cl)cc1)c1ccc(-c2ccc(Cl)cc2)o1. The second-order valence-corrected chi connectivity index (χ2v) is 5.38. The Labute approximate surface area is 131 Å². The summed E-state index contributed by atoms with van der Waals surface area (Å²) in [5, 5.41) is 1.25. The monoisotopic (exact) mass is 316 g/mol. The maximum absolute atomic E-state index is 12.3. The quantitative estimate of drug-likeness (QED) is 0.598. The molecule has 0 radical (unpaired) electrons. The van der Waals surface area contributed by atoms with Crippen molar-refractivity contribution in [1.82, 2.24) is 0 Å². The van der Waals surface area contributed by atoms with Gasteiger partial charge in [0.2, 0.25) is 5.78 Å². The third kappa shape index (κ3) is 3.02. The molecule has 0 aliphatic rings. The highest BCUT2D eigenvalue weighted by Gasteiger charge is 2.14. The molecule has 0 unspecified atom stereocenters. The third-order valence-electron chi connectivity index (χ3n) is 3.06. The summed E-state index contributed by atoms with van der Waals surface area (Å²) in [6, 6.07) is 17.4. The van der Waals surface area contributed by atoms with Crippen LogP contribution in [0.5, 0.6) is 0 Å². The minimum atomic E-state index is -0.174. The molecule has 0 aliphatic carbocycles. The number of halogens is 2. The normalized spacial score (nSPS) is 10.6. The molecule has 104 valence electrons. The molecule has 0 fully saturated rings. The van der Waals surface area contributed by atoms with Gasteiger partial charge in [0.25, 0.3) is 0 Å². The van der Waals surface area contributed by atoms with Gasteiger partial charge < -0.3 is 4.42 Å². The maximum Gasteiger partial charge on any atom is 0.228 e. The average Bonchev–Trinajstić information content (AvgIpc) is 2.98. The van der Waals surface area contributed by atoms with E-state index in [1.54, 1.807) is 48.5 Å². The molecule has 1 aromatic heterocycles. The van der Waals surface area contributed by atoms with E-state index in [0.717, 1.165) is 5.56 Å².